The molecule has 0 aliphatic rings. The molecule has 1 N–H and O–H groups in total. The Hall–Kier alpha value is -1.02. The van der Waals surface area contributed by atoms with Crippen LogP contribution < -0.4 is 10.1 Å². The van der Waals surface area contributed by atoms with E-state index < -0.39 is 0 Å². The standard InChI is InChI=1S/C16H27NO/c1-5-10-17-12-14(4)11-15-8-6-7-9-16(15)18-13(2)3/h6-9,13-14,17H,5,10-12H2,1-4H3. The maximum absolute atomic E-state index is 5.85. The fraction of sp³-hybridized carbons (Fsp3) is 0.625. The van der Waals surface area contributed by atoms with Gasteiger partial charge in [-0.15, -0.1) is 0 Å². The molecule has 1 aromatic carbocycles. The van der Waals surface area contributed by atoms with Gasteiger partial charge in [0.05, 0.1) is 6.10 Å². The van der Waals surface area contributed by atoms with Crippen molar-refractivity contribution < 1.29 is 4.74 Å². The molecule has 18 heavy (non-hydrogen) atoms. The molecule has 0 heterocycles. The van der Waals surface area contributed by atoms with Crippen LogP contribution >= 0.6 is 0 Å². The highest BCUT2D eigenvalue weighted by Gasteiger charge is 2.09. The molecule has 0 aliphatic carbocycles. The van der Waals surface area contributed by atoms with E-state index in [2.05, 4.69) is 51.2 Å². The van der Waals surface area contributed by atoms with Gasteiger partial charge in [0, 0.05) is 0 Å². The Kier molecular flexibility index (Phi) is 6.81. The number of hydrogen-bond acceptors (Lipinski definition) is 2. The van der Waals surface area contributed by atoms with Gasteiger partial charge in [-0.1, -0.05) is 32.0 Å². The second-order valence-electron chi connectivity index (χ2n) is 5.29. The monoisotopic (exact) mass is 249 g/mol. The van der Waals surface area contributed by atoms with E-state index in [-0.39, 0.29) is 6.10 Å². The van der Waals surface area contributed by atoms with Crippen molar-refractivity contribution in [2.75, 3.05) is 13.1 Å². The minimum atomic E-state index is 0.236. The summed E-state index contributed by atoms with van der Waals surface area (Å²) in [7, 11) is 0. The molecule has 1 rings (SSSR count). The lowest BCUT2D eigenvalue weighted by molar-refractivity contribution is 0.239. The van der Waals surface area contributed by atoms with Crippen LogP contribution in [0, 0.1) is 5.92 Å². The van der Waals surface area contributed by atoms with Crippen LogP contribution in [-0.4, -0.2) is 19.2 Å². The molecule has 0 amide bonds. The molecule has 1 atom stereocenters. The first-order valence-corrected chi connectivity index (χ1v) is 7.08. The van der Waals surface area contributed by atoms with Gasteiger partial charge in [-0.2, -0.15) is 0 Å². The number of para-hydroxylation sites is 1. The van der Waals surface area contributed by atoms with Gasteiger partial charge in [-0.25, -0.2) is 0 Å². The van der Waals surface area contributed by atoms with Crippen molar-refractivity contribution in [1.82, 2.24) is 5.32 Å². The molecule has 102 valence electrons. The SMILES string of the molecule is CCCNCC(C)Cc1ccccc1OC(C)C. The lowest BCUT2D eigenvalue weighted by Crippen LogP contribution is -2.23. The molecule has 0 fully saturated rings. The predicted octanol–water partition coefficient (Wildman–Crippen LogP) is 3.65. The highest BCUT2D eigenvalue weighted by molar-refractivity contribution is 5.33. The molecule has 0 spiro atoms. The van der Waals surface area contributed by atoms with Gasteiger partial charge >= 0.3 is 0 Å². The van der Waals surface area contributed by atoms with Crippen molar-refractivity contribution in [2.24, 2.45) is 5.92 Å². The van der Waals surface area contributed by atoms with E-state index in [1.807, 2.05) is 6.07 Å². The summed E-state index contributed by atoms with van der Waals surface area (Å²) >= 11 is 0. The zero-order valence-corrected chi connectivity index (χ0v) is 12.2. The Balaban J connectivity index is 2.54. The predicted molar refractivity (Wildman–Crippen MR) is 78.2 cm³/mol. The molecule has 1 unspecified atom stereocenters. The summed E-state index contributed by atoms with van der Waals surface area (Å²) in [4.78, 5) is 0. The zero-order chi connectivity index (χ0) is 13.4. The second-order valence-corrected chi connectivity index (χ2v) is 5.29. The largest absolute Gasteiger partial charge is 0.491 e. The Morgan fingerprint density at radius 2 is 1.89 bits per heavy atom. The summed E-state index contributed by atoms with van der Waals surface area (Å²) < 4.78 is 5.85. The Bertz CT molecular complexity index is 336. The number of nitrogens with one attached hydrogen (secondary N) is 1. The Morgan fingerprint density at radius 3 is 2.56 bits per heavy atom. The Labute approximate surface area is 112 Å². The van der Waals surface area contributed by atoms with Crippen LogP contribution in [0.4, 0.5) is 0 Å². The zero-order valence-electron chi connectivity index (χ0n) is 12.2. The van der Waals surface area contributed by atoms with Crippen LogP contribution in [0.2, 0.25) is 0 Å². The topological polar surface area (TPSA) is 21.3 Å². The highest BCUT2D eigenvalue weighted by Crippen LogP contribution is 2.22. The lowest BCUT2D eigenvalue weighted by atomic mass is 10.00. The van der Waals surface area contributed by atoms with Crippen LogP contribution in [0.1, 0.15) is 39.7 Å². The maximum atomic E-state index is 5.85. The van der Waals surface area contributed by atoms with E-state index in [1.54, 1.807) is 0 Å². The fourth-order valence-electron chi connectivity index (χ4n) is 2.01. The quantitative estimate of drug-likeness (QED) is 0.710. The second kappa shape index (κ2) is 8.15. The Morgan fingerprint density at radius 1 is 1.17 bits per heavy atom. The summed E-state index contributed by atoms with van der Waals surface area (Å²) in [6.07, 6.45) is 2.50. The van der Waals surface area contributed by atoms with E-state index in [0.29, 0.717) is 5.92 Å². The van der Waals surface area contributed by atoms with E-state index in [4.69, 9.17) is 4.74 Å². The van der Waals surface area contributed by atoms with E-state index in [0.717, 1.165) is 25.3 Å². The molecule has 0 aliphatic heterocycles. The molecule has 0 saturated heterocycles. The molecule has 0 radical (unpaired) electrons. The van der Waals surface area contributed by atoms with Crippen LogP contribution in [0.25, 0.3) is 0 Å². The first-order valence-electron chi connectivity index (χ1n) is 7.08. The van der Waals surface area contributed by atoms with Gasteiger partial charge in [0.2, 0.25) is 0 Å². The van der Waals surface area contributed by atoms with Gasteiger partial charge in [0.15, 0.2) is 0 Å². The third-order valence-corrected chi connectivity index (χ3v) is 2.82. The van der Waals surface area contributed by atoms with Crippen LogP contribution in [-0.2, 0) is 6.42 Å². The van der Waals surface area contributed by atoms with Gasteiger partial charge in [-0.3, -0.25) is 0 Å². The van der Waals surface area contributed by atoms with Gasteiger partial charge in [0.25, 0.3) is 0 Å². The van der Waals surface area contributed by atoms with E-state index >= 15 is 0 Å². The third kappa shape index (κ3) is 5.54. The van der Waals surface area contributed by atoms with Gasteiger partial charge in [0.1, 0.15) is 5.75 Å². The highest BCUT2D eigenvalue weighted by atomic mass is 16.5. The molecular formula is C16H27NO. The van der Waals surface area contributed by atoms with Crippen molar-refractivity contribution in [2.45, 2.75) is 46.6 Å². The average molecular weight is 249 g/mol. The average Bonchev–Trinajstić information content (AvgIpc) is 2.31. The van der Waals surface area contributed by atoms with Crippen molar-refractivity contribution >= 4 is 0 Å². The van der Waals surface area contributed by atoms with Crippen LogP contribution in [0.5, 0.6) is 5.75 Å². The van der Waals surface area contributed by atoms with Crippen molar-refractivity contribution in [1.29, 1.82) is 0 Å². The first kappa shape index (κ1) is 15.0. The summed E-state index contributed by atoms with van der Waals surface area (Å²) in [5.74, 6) is 1.67. The normalized spacial score (nSPS) is 12.7. The smallest absolute Gasteiger partial charge is 0.122 e. The maximum Gasteiger partial charge on any atom is 0.122 e. The molecule has 2 nitrogen and oxygen atoms in total. The summed E-state index contributed by atoms with van der Waals surface area (Å²) in [6, 6.07) is 8.38. The molecule has 0 aromatic heterocycles. The molecule has 1 aromatic rings. The van der Waals surface area contributed by atoms with Crippen LogP contribution in [0.15, 0.2) is 24.3 Å². The third-order valence-electron chi connectivity index (χ3n) is 2.82. The molecule has 0 bridgehead atoms. The van der Waals surface area contributed by atoms with Crippen molar-refractivity contribution in [3.05, 3.63) is 29.8 Å². The minimum Gasteiger partial charge on any atom is -0.491 e. The molecule has 0 saturated carbocycles. The number of benzene rings is 1. The van der Waals surface area contributed by atoms with Crippen molar-refractivity contribution in [3.8, 4) is 5.75 Å². The lowest BCUT2D eigenvalue weighted by Gasteiger charge is -2.17. The fourth-order valence-corrected chi connectivity index (χ4v) is 2.01. The first-order chi connectivity index (χ1) is 8.63. The van der Waals surface area contributed by atoms with E-state index in [9.17, 15) is 0 Å². The molecule has 2 heteroatoms. The number of hydrogen-bond donors (Lipinski definition) is 1. The minimum absolute atomic E-state index is 0.236. The van der Waals surface area contributed by atoms with E-state index in [1.165, 1.54) is 12.0 Å². The summed E-state index contributed by atoms with van der Waals surface area (Å²) in [6.45, 7) is 10.8. The summed E-state index contributed by atoms with van der Waals surface area (Å²) in [5.41, 5.74) is 1.32. The van der Waals surface area contributed by atoms with Gasteiger partial charge < -0.3 is 10.1 Å². The molecular weight excluding hydrogens is 222 g/mol. The number of rotatable bonds is 8. The summed E-state index contributed by atoms with van der Waals surface area (Å²) in [5, 5.41) is 3.47. The van der Waals surface area contributed by atoms with Gasteiger partial charge in [-0.05, 0) is 57.3 Å². The van der Waals surface area contributed by atoms with Crippen molar-refractivity contribution in [3.63, 3.8) is 0 Å². The number of ether oxygens (including phenoxy) is 1. The van der Waals surface area contributed by atoms with Crippen LogP contribution in [0.3, 0.4) is 0 Å².